The van der Waals surface area contributed by atoms with Crippen molar-refractivity contribution in [2.75, 3.05) is 0 Å². The van der Waals surface area contributed by atoms with Crippen LogP contribution in [0.3, 0.4) is 0 Å². The van der Waals surface area contributed by atoms with Gasteiger partial charge in [-0.15, -0.1) is 0 Å². The lowest BCUT2D eigenvalue weighted by Crippen LogP contribution is -2.44. The van der Waals surface area contributed by atoms with E-state index in [4.69, 9.17) is 4.42 Å². The predicted octanol–water partition coefficient (Wildman–Crippen LogP) is 3.57. The van der Waals surface area contributed by atoms with E-state index in [0.29, 0.717) is 17.0 Å². The molecule has 31 heavy (non-hydrogen) atoms. The molecule has 4 aromatic rings. The van der Waals surface area contributed by atoms with Crippen molar-refractivity contribution >= 4 is 11.8 Å². The summed E-state index contributed by atoms with van der Waals surface area (Å²) < 4.78 is 6.88. The number of carbonyl (C=O) groups is 2. The first-order chi connectivity index (χ1) is 15.1. The van der Waals surface area contributed by atoms with Crippen LogP contribution in [-0.4, -0.2) is 27.6 Å². The van der Waals surface area contributed by atoms with E-state index in [1.54, 1.807) is 36.2 Å². The van der Waals surface area contributed by atoms with Crippen molar-refractivity contribution in [3.05, 3.63) is 96.6 Å². The maximum atomic E-state index is 13.1. The van der Waals surface area contributed by atoms with Gasteiger partial charge in [-0.05, 0) is 31.2 Å². The number of carbonyl (C=O) groups excluding carboxylic acids is 2. The van der Waals surface area contributed by atoms with E-state index < -0.39 is 6.04 Å². The van der Waals surface area contributed by atoms with Crippen LogP contribution < -0.4 is 10.6 Å². The molecular weight excluding hydrogens is 392 g/mol. The Morgan fingerprint density at radius 2 is 1.71 bits per heavy atom. The minimum Gasteiger partial charge on any atom is -0.467 e. The molecule has 0 saturated carbocycles. The van der Waals surface area contributed by atoms with Gasteiger partial charge >= 0.3 is 0 Å². The molecule has 0 aliphatic carbocycles. The Balaban J connectivity index is 1.55. The van der Waals surface area contributed by atoms with Crippen LogP contribution in [0, 0.1) is 0 Å². The maximum Gasteiger partial charge on any atom is 0.255 e. The normalized spacial score (nSPS) is 11.6. The first-order valence-corrected chi connectivity index (χ1v) is 9.93. The minimum atomic E-state index is -0.730. The second kappa shape index (κ2) is 9.13. The Bertz CT molecular complexity index is 1150. The molecule has 0 aliphatic heterocycles. The zero-order chi connectivity index (χ0) is 21.6. The summed E-state index contributed by atoms with van der Waals surface area (Å²) in [6, 6.07) is 21.8. The van der Waals surface area contributed by atoms with Gasteiger partial charge in [-0.1, -0.05) is 48.5 Å². The van der Waals surface area contributed by atoms with E-state index in [1.807, 2.05) is 60.7 Å². The number of hydrogen-bond donors (Lipinski definition) is 2. The third-order valence-corrected chi connectivity index (χ3v) is 4.78. The van der Waals surface area contributed by atoms with Crippen LogP contribution in [0.4, 0.5) is 0 Å². The smallest absolute Gasteiger partial charge is 0.255 e. The molecule has 156 valence electrons. The summed E-state index contributed by atoms with van der Waals surface area (Å²) in [5, 5.41) is 10.2. The predicted molar refractivity (Wildman–Crippen MR) is 116 cm³/mol. The molecule has 2 aromatic carbocycles. The van der Waals surface area contributed by atoms with Crippen LogP contribution in [0.5, 0.6) is 0 Å². The molecule has 2 amide bonds. The zero-order valence-electron chi connectivity index (χ0n) is 17.0. The lowest BCUT2D eigenvalue weighted by Gasteiger charge is -2.13. The number of hydrogen-bond acceptors (Lipinski definition) is 4. The Hall–Kier alpha value is -4.13. The molecule has 2 N–H and O–H groups in total. The van der Waals surface area contributed by atoms with Gasteiger partial charge in [0.05, 0.1) is 24.1 Å². The Kier molecular flexibility index (Phi) is 5.93. The van der Waals surface area contributed by atoms with E-state index >= 15 is 0 Å². The van der Waals surface area contributed by atoms with E-state index in [2.05, 4.69) is 15.7 Å². The van der Waals surface area contributed by atoms with Crippen LogP contribution in [0.1, 0.15) is 23.0 Å². The first kappa shape index (κ1) is 20.2. The van der Waals surface area contributed by atoms with Crippen LogP contribution in [0.2, 0.25) is 0 Å². The molecular formula is C24H22N4O3. The molecule has 2 heterocycles. The number of furan rings is 1. The number of rotatable bonds is 7. The number of amides is 2. The highest BCUT2D eigenvalue weighted by atomic mass is 16.3. The van der Waals surface area contributed by atoms with E-state index in [9.17, 15) is 9.59 Å². The van der Waals surface area contributed by atoms with Gasteiger partial charge in [-0.25, -0.2) is 4.68 Å². The number of benzene rings is 2. The first-order valence-electron chi connectivity index (χ1n) is 9.93. The summed E-state index contributed by atoms with van der Waals surface area (Å²) >= 11 is 0. The third kappa shape index (κ3) is 4.72. The molecule has 7 heteroatoms. The highest BCUT2D eigenvalue weighted by Gasteiger charge is 2.22. The fourth-order valence-electron chi connectivity index (χ4n) is 3.14. The van der Waals surface area contributed by atoms with Gasteiger partial charge in [0.2, 0.25) is 5.91 Å². The second-order valence-electron chi connectivity index (χ2n) is 7.03. The highest BCUT2D eigenvalue weighted by molar-refractivity contribution is 6.02. The number of para-hydroxylation sites is 1. The van der Waals surface area contributed by atoms with Crippen molar-refractivity contribution in [1.29, 1.82) is 0 Å². The molecule has 7 nitrogen and oxygen atoms in total. The van der Waals surface area contributed by atoms with Gasteiger partial charge in [0.25, 0.3) is 5.91 Å². The lowest BCUT2D eigenvalue weighted by molar-refractivity contribution is -0.122. The molecule has 4 rings (SSSR count). The average Bonchev–Trinajstić information content (AvgIpc) is 3.49. The molecule has 0 bridgehead atoms. The van der Waals surface area contributed by atoms with Crippen LogP contribution in [-0.2, 0) is 11.3 Å². The molecule has 0 spiro atoms. The molecule has 0 fully saturated rings. The number of nitrogens with one attached hydrogen (secondary N) is 2. The van der Waals surface area contributed by atoms with Crippen molar-refractivity contribution in [3.63, 3.8) is 0 Å². The molecule has 1 unspecified atom stereocenters. The number of nitrogens with zero attached hydrogens (tertiary/aromatic N) is 2. The Morgan fingerprint density at radius 3 is 2.39 bits per heavy atom. The molecule has 2 aromatic heterocycles. The highest BCUT2D eigenvalue weighted by Crippen LogP contribution is 2.23. The average molecular weight is 414 g/mol. The zero-order valence-corrected chi connectivity index (χ0v) is 17.0. The summed E-state index contributed by atoms with van der Waals surface area (Å²) in [6.07, 6.45) is 3.22. The summed E-state index contributed by atoms with van der Waals surface area (Å²) in [4.78, 5) is 25.5. The maximum absolute atomic E-state index is 13.1. The van der Waals surface area contributed by atoms with E-state index in [1.165, 1.54) is 0 Å². The SMILES string of the molecule is CC(NC(=O)c1cn(-c2ccccc2)nc1-c1ccccc1)C(=O)NCc1ccco1. The number of aromatic nitrogens is 2. The Morgan fingerprint density at radius 1 is 1.00 bits per heavy atom. The molecule has 0 aliphatic rings. The van der Waals surface area contributed by atoms with Gasteiger partial charge in [0.1, 0.15) is 17.5 Å². The van der Waals surface area contributed by atoms with Crippen LogP contribution in [0.25, 0.3) is 16.9 Å². The third-order valence-electron chi connectivity index (χ3n) is 4.78. The van der Waals surface area contributed by atoms with Crippen LogP contribution >= 0.6 is 0 Å². The fraction of sp³-hybridized carbons (Fsp3) is 0.125. The second-order valence-corrected chi connectivity index (χ2v) is 7.03. The van der Waals surface area contributed by atoms with Crippen molar-refractivity contribution in [1.82, 2.24) is 20.4 Å². The van der Waals surface area contributed by atoms with Gasteiger partial charge in [-0.2, -0.15) is 5.10 Å². The van der Waals surface area contributed by atoms with Gasteiger partial charge in [-0.3, -0.25) is 9.59 Å². The van der Waals surface area contributed by atoms with E-state index in [0.717, 1.165) is 11.3 Å². The van der Waals surface area contributed by atoms with Crippen molar-refractivity contribution in [2.24, 2.45) is 0 Å². The quantitative estimate of drug-likeness (QED) is 0.484. The van der Waals surface area contributed by atoms with Crippen molar-refractivity contribution < 1.29 is 14.0 Å². The van der Waals surface area contributed by atoms with Gasteiger partial charge in [0.15, 0.2) is 0 Å². The monoisotopic (exact) mass is 414 g/mol. The molecule has 0 saturated heterocycles. The summed E-state index contributed by atoms with van der Waals surface area (Å²) in [5.74, 6) is -0.0366. The fourth-order valence-corrected chi connectivity index (χ4v) is 3.14. The summed E-state index contributed by atoms with van der Waals surface area (Å²) in [5.41, 5.74) is 2.59. The molecule has 1 atom stereocenters. The Labute approximate surface area is 179 Å². The van der Waals surface area contributed by atoms with Crippen LogP contribution in [0.15, 0.2) is 89.7 Å². The molecule has 0 radical (unpaired) electrons. The largest absolute Gasteiger partial charge is 0.467 e. The van der Waals surface area contributed by atoms with Crippen molar-refractivity contribution in [3.8, 4) is 16.9 Å². The topological polar surface area (TPSA) is 89.2 Å². The summed E-state index contributed by atoms with van der Waals surface area (Å²) in [7, 11) is 0. The lowest BCUT2D eigenvalue weighted by atomic mass is 10.1. The van der Waals surface area contributed by atoms with E-state index in [-0.39, 0.29) is 18.4 Å². The van der Waals surface area contributed by atoms with Crippen molar-refractivity contribution in [2.45, 2.75) is 19.5 Å². The standard InChI is InChI=1S/C24H22N4O3/c1-17(23(29)25-15-20-13-8-14-31-20)26-24(30)21-16-28(19-11-6-3-7-12-19)27-22(21)18-9-4-2-5-10-18/h2-14,16-17H,15H2,1H3,(H,25,29)(H,26,30). The van der Waals surface area contributed by atoms with Gasteiger partial charge in [0, 0.05) is 11.8 Å². The van der Waals surface area contributed by atoms with Gasteiger partial charge < -0.3 is 15.1 Å². The summed E-state index contributed by atoms with van der Waals surface area (Å²) in [6.45, 7) is 1.90. The minimum absolute atomic E-state index is 0.257.